The molecule has 0 aliphatic rings. The van der Waals surface area contributed by atoms with Gasteiger partial charge in [-0.1, -0.05) is 66.7 Å². The van der Waals surface area contributed by atoms with Gasteiger partial charge in [0.05, 0.1) is 6.42 Å². The molecule has 0 fully saturated rings. The molecule has 0 heterocycles. The van der Waals surface area contributed by atoms with Crippen molar-refractivity contribution in [2.45, 2.75) is 6.42 Å². The average molecular weight is 261 g/mol. The molecule has 0 radical (unpaired) electrons. The molecule has 20 heavy (non-hydrogen) atoms. The molecule has 0 unspecified atom stereocenters. The highest BCUT2D eigenvalue weighted by molar-refractivity contribution is 6.02. The summed E-state index contributed by atoms with van der Waals surface area (Å²) in [5.74, 6) is 0.00699. The van der Waals surface area contributed by atoms with Crippen molar-refractivity contribution < 1.29 is 4.79 Å². The minimum absolute atomic E-state index is 0.00699. The van der Waals surface area contributed by atoms with E-state index in [0.717, 1.165) is 22.0 Å². The van der Waals surface area contributed by atoms with Gasteiger partial charge in [-0.05, 0) is 17.0 Å². The van der Waals surface area contributed by atoms with E-state index in [4.69, 9.17) is 0 Å². The van der Waals surface area contributed by atoms with E-state index >= 15 is 0 Å². The summed E-state index contributed by atoms with van der Waals surface area (Å²) in [5.41, 5.74) is 1.88. The first kappa shape index (κ1) is 12.4. The van der Waals surface area contributed by atoms with Crippen molar-refractivity contribution in [2.24, 2.45) is 0 Å². The van der Waals surface area contributed by atoms with Crippen molar-refractivity contribution in [1.29, 1.82) is 0 Å². The summed E-state index contributed by atoms with van der Waals surface area (Å²) in [6.07, 6.45) is 0.393. The molecule has 1 N–H and O–H groups in total. The zero-order valence-corrected chi connectivity index (χ0v) is 11.0. The van der Waals surface area contributed by atoms with Crippen LogP contribution in [0.1, 0.15) is 5.56 Å². The van der Waals surface area contributed by atoms with Crippen LogP contribution in [-0.4, -0.2) is 5.91 Å². The minimum atomic E-state index is 0.00699. The molecule has 0 aromatic heterocycles. The Morgan fingerprint density at radius 1 is 0.800 bits per heavy atom. The highest BCUT2D eigenvalue weighted by Crippen LogP contribution is 2.23. The van der Waals surface area contributed by atoms with Crippen LogP contribution in [0.4, 0.5) is 5.69 Å². The van der Waals surface area contributed by atoms with E-state index in [9.17, 15) is 4.79 Å². The van der Waals surface area contributed by atoms with Crippen LogP contribution in [0.2, 0.25) is 0 Å². The predicted octanol–water partition coefficient (Wildman–Crippen LogP) is 4.02. The van der Waals surface area contributed by atoms with Gasteiger partial charge in [-0.3, -0.25) is 4.79 Å². The number of carbonyl (C=O) groups excluding carboxylic acids is 1. The van der Waals surface area contributed by atoms with E-state index in [2.05, 4.69) is 5.32 Å². The number of nitrogens with one attached hydrogen (secondary N) is 1. The lowest BCUT2D eigenvalue weighted by Gasteiger charge is -2.08. The van der Waals surface area contributed by atoms with E-state index in [1.54, 1.807) is 0 Å². The number of benzene rings is 3. The van der Waals surface area contributed by atoms with Gasteiger partial charge in [-0.2, -0.15) is 0 Å². The quantitative estimate of drug-likeness (QED) is 0.758. The standard InChI is InChI=1S/C18H15NO/c20-18(13-14-7-2-1-3-8-14)19-17-12-6-10-15-9-4-5-11-16(15)17/h1-12H,13H2,(H,19,20). The van der Waals surface area contributed by atoms with Gasteiger partial charge in [-0.15, -0.1) is 0 Å². The molecule has 0 spiro atoms. The van der Waals surface area contributed by atoms with Crippen LogP contribution in [0, 0.1) is 0 Å². The van der Waals surface area contributed by atoms with Crippen LogP contribution in [-0.2, 0) is 11.2 Å². The van der Waals surface area contributed by atoms with Gasteiger partial charge in [0, 0.05) is 11.1 Å². The Balaban J connectivity index is 1.81. The third-order valence-corrected chi connectivity index (χ3v) is 3.27. The number of carbonyl (C=O) groups is 1. The number of hydrogen-bond acceptors (Lipinski definition) is 1. The molecule has 0 aliphatic carbocycles. The minimum Gasteiger partial charge on any atom is -0.325 e. The lowest BCUT2D eigenvalue weighted by atomic mass is 10.1. The summed E-state index contributed by atoms with van der Waals surface area (Å²) >= 11 is 0. The van der Waals surface area contributed by atoms with Crippen LogP contribution in [0.25, 0.3) is 10.8 Å². The molecular formula is C18H15NO. The summed E-state index contributed by atoms with van der Waals surface area (Å²) in [5, 5.41) is 5.19. The first-order valence-electron chi connectivity index (χ1n) is 6.64. The topological polar surface area (TPSA) is 29.1 Å². The van der Waals surface area contributed by atoms with Gasteiger partial charge in [0.15, 0.2) is 0 Å². The van der Waals surface area contributed by atoms with Crippen LogP contribution >= 0.6 is 0 Å². The fourth-order valence-corrected chi connectivity index (χ4v) is 2.31. The third-order valence-electron chi connectivity index (χ3n) is 3.27. The fourth-order valence-electron chi connectivity index (χ4n) is 2.31. The average Bonchev–Trinajstić information content (AvgIpc) is 2.48. The van der Waals surface area contributed by atoms with Crippen LogP contribution in [0.3, 0.4) is 0 Å². The Kier molecular flexibility index (Phi) is 3.46. The maximum atomic E-state index is 12.1. The van der Waals surface area contributed by atoms with Gasteiger partial charge in [0.1, 0.15) is 0 Å². The number of anilines is 1. The van der Waals surface area contributed by atoms with Gasteiger partial charge < -0.3 is 5.32 Å². The highest BCUT2D eigenvalue weighted by Gasteiger charge is 2.06. The molecular weight excluding hydrogens is 246 g/mol. The summed E-state index contributed by atoms with van der Waals surface area (Å²) in [7, 11) is 0. The lowest BCUT2D eigenvalue weighted by molar-refractivity contribution is -0.115. The van der Waals surface area contributed by atoms with Crippen LogP contribution in [0.5, 0.6) is 0 Å². The molecule has 3 aromatic rings. The fraction of sp³-hybridized carbons (Fsp3) is 0.0556. The summed E-state index contributed by atoms with van der Waals surface area (Å²) in [6.45, 7) is 0. The van der Waals surface area contributed by atoms with Crippen molar-refractivity contribution in [3.05, 3.63) is 78.4 Å². The zero-order chi connectivity index (χ0) is 13.8. The molecule has 3 aromatic carbocycles. The summed E-state index contributed by atoms with van der Waals surface area (Å²) < 4.78 is 0. The Morgan fingerprint density at radius 2 is 1.50 bits per heavy atom. The van der Waals surface area contributed by atoms with Crippen LogP contribution in [0.15, 0.2) is 72.8 Å². The zero-order valence-electron chi connectivity index (χ0n) is 11.0. The highest BCUT2D eigenvalue weighted by atomic mass is 16.1. The molecule has 98 valence electrons. The molecule has 0 aliphatic heterocycles. The normalized spacial score (nSPS) is 10.4. The second kappa shape index (κ2) is 5.57. The smallest absolute Gasteiger partial charge is 0.228 e. The Bertz CT molecular complexity index is 729. The summed E-state index contributed by atoms with van der Waals surface area (Å²) in [6, 6.07) is 23.7. The van der Waals surface area contributed by atoms with Crippen molar-refractivity contribution in [1.82, 2.24) is 0 Å². The lowest BCUT2D eigenvalue weighted by Crippen LogP contribution is -2.14. The van der Waals surface area contributed by atoms with Gasteiger partial charge in [-0.25, -0.2) is 0 Å². The number of rotatable bonds is 3. The second-order valence-electron chi connectivity index (χ2n) is 4.74. The molecule has 2 heteroatoms. The van der Waals surface area contributed by atoms with E-state index in [1.165, 1.54) is 0 Å². The largest absolute Gasteiger partial charge is 0.325 e. The van der Waals surface area contributed by atoms with E-state index in [1.807, 2.05) is 72.8 Å². The number of amides is 1. The Labute approximate surface area is 118 Å². The van der Waals surface area contributed by atoms with Gasteiger partial charge >= 0.3 is 0 Å². The molecule has 0 atom stereocenters. The first-order chi connectivity index (χ1) is 9.83. The first-order valence-corrected chi connectivity index (χ1v) is 6.64. The monoisotopic (exact) mass is 261 g/mol. The van der Waals surface area contributed by atoms with Crippen molar-refractivity contribution in [3.8, 4) is 0 Å². The van der Waals surface area contributed by atoms with E-state index < -0.39 is 0 Å². The van der Waals surface area contributed by atoms with Crippen molar-refractivity contribution >= 4 is 22.4 Å². The molecule has 1 amide bonds. The predicted molar refractivity (Wildman–Crippen MR) is 82.7 cm³/mol. The Hall–Kier alpha value is -2.61. The Morgan fingerprint density at radius 3 is 2.35 bits per heavy atom. The van der Waals surface area contributed by atoms with Gasteiger partial charge in [0.25, 0.3) is 0 Å². The maximum Gasteiger partial charge on any atom is 0.228 e. The number of fused-ring (bicyclic) bond motifs is 1. The SMILES string of the molecule is O=C(Cc1ccccc1)Nc1cccc2ccccc12. The van der Waals surface area contributed by atoms with E-state index in [-0.39, 0.29) is 5.91 Å². The van der Waals surface area contributed by atoms with Crippen LogP contribution < -0.4 is 5.32 Å². The van der Waals surface area contributed by atoms with Crippen molar-refractivity contribution in [2.75, 3.05) is 5.32 Å². The molecule has 0 saturated carbocycles. The van der Waals surface area contributed by atoms with Gasteiger partial charge in [0.2, 0.25) is 5.91 Å². The van der Waals surface area contributed by atoms with E-state index in [0.29, 0.717) is 6.42 Å². The third kappa shape index (κ3) is 2.69. The number of hydrogen-bond donors (Lipinski definition) is 1. The molecule has 3 rings (SSSR count). The van der Waals surface area contributed by atoms with Crippen molar-refractivity contribution in [3.63, 3.8) is 0 Å². The maximum absolute atomic E-state index is 12.1. The molecule has 0 bridgehead atoms. The second-order valence-corrected chi connectivity index (χ2v) is 4.74. The summed E-state index contributed by atoms with van der Waals surface area (Å²) in [4.78, 5) is 12.1. The molecule has 2 nitrogen and oxygen atoms in total. The molecule has 0 saturated heterocycles.